The van der Waals surface area contributed by atoms with Crippen LogP contribution in [0.1, 0.15) is 12.8 Å². The number of ether oxygens (including phenoxy) is 1. The van der Waals surface area contributed by atoms with Gasteiger partial charge in [-0.15, -0.1) is 0 Å². The Balaban J connectivity index is 1.78. The Labute approximate surface area is 98.4 Å². The first-order valence-corrected chi connectivity index (χ1v) is 5.73. The van der Waals surface area contributed by atoms with Crippen molar-refractivity contribution in [2.75, 3.05) is 18.0 Å². The molecule has 0 aromatic carbocycles. The van der Waals surface area contributed by atoms with Crippen molar-refractivity contribution in [2.45, 2.75) is 25.0 Å². The predicted molar refractivity (Wildman–Crippen MR) is 61.0 cm³/mol. The van der Waals surface area contributed by atoms with Crippen molar-refractivity contribution in [1.82, 2.24) is 4.98 Å². The highest BCUT2D eigenvalue weighted by Crippen LogP contribution is 2.29. The van der Waals surface area contributed by atoms with Crippen LogP contribution in [0.3, 0.4) is 0 Å². The van der Waals surface area contributed by atoms with E-state index < -0.39 is 4.92 Å². The fraction of sp³-hybridized carbons (Fsp3) is 0.545. The fourth-order valence-electron chi connectivity index (χ4n) is 2.50. The number of hydrogen-bond acceptors (Lipinski definition) is 5. The van der Waals surface area contributed by atoms with Crippen LogP contribution in [0, 0.1) is 10.1 Å². The van der Waals surface area contributed by atoms with E-state index in [-0.39, 0.29) is 5.82 Å². The molecule has 90 valence electrons. The Morgan fingerprint density at radius 2 is 2.06 bits per heavy atom. The molecule has 6 heteroatoms. The molecule has 0 unspecified atom stereocenters. The lowest BCUT2D eigenvalue weighted by molar-refractivity contribution is -0.389. The van der Waals surface area contributed by atoms with Crippen molar-refractivity contribution < 1.29 is 9.66 Å². The fourth-order valence-corrected chi connectivity index (χ4v) is 2.50. The maximum Gasteiger partial charge on any atom is 0.363 e. The van der Waals surface area contributed by atoms with E-state index in [1.54, 1.807) is 12.3 Å². The topological polar surface area (TPSA) is 68.5 Å². The molecule has 2 aliphatic rings. The number of aromatic nitrogens is 1. The Morgan fingerprint density at radius 1 is 1.35 bits per heavy atom. The molecule has 6 nitrogen and oxygen atoms in total. The predicted octanol–water partition coefficient (Wildman–Crippen LogP) is 1.36. The van der Waals surface area contributed by atoms with Gasteiger partial charge in [-0.05, 0) is 28.8 Å². The van der Waals surface area contributed by atoms with Gasteiger partial charge in [0.25, 0.3) is 0 Å². The molecule has 1 aromatic rings. The van der Waals surface area contributed by atoms with E-state index in [2.05, 4.69) is 9.88 Å². The van der Waals surface area contributed by atoms with Crippen LogP contribution in [0.25, 0.3) is 0 Å². The highest BCUT2D eigenvalue weighted by Gasteiger charge is 2.34. The first-order chi connectivity index (χ1) is 8.22. The zero-order valence-corrected chi connectivity index (χ0v) is 9.28. The molecule has 0 radical (unpaired) electrons. The third kappa shape index (κ3) is 1.95. The van der Waals surface area contributed by atoms with Crippen molar-refractivity contribution in [3.63, 3.8) is 0 Å². The molecule has 1 aromatic heterocycles. The molecule has 2 saturated heterocycles. The SMILES string of the molecule is O=[N+]([O-])c1ccc(N2C[C@H]3CC[C@@H](C2)O3)cn1. The molecule has 0 saturated carbocycles. The third-order valence-corrected chi connectivity index (χ3v) is 3.33. The molecule has 2 bridgehead atoms. The van der Waals surface area contributed by atoms with Gasteiger partial charge < -0.3 is 19.8 Å². The van der Waals surface area contributed by atoms with Crippen LogP contribution in [-0.2, 0) is 4.74 Å². The monoisotopic (exact) mass is 235 g/mol. The molecule has 2 fully saturated rings. The Kier molecular flexibility index (Phi) is 2.44. The molecule has 0 aliphatic carbocycles. The highest BCUT2D eigenvalue weighted by atomic mass is 16.6. The smallest absolute Gasteiger partial charge is 0.363 e. The summed E-state index contributed by atoms with van der Waals surface area (Å²) in [6, 6.07) is 3.21. The summed E-state index contributed by atoms with van der Waals surface area (Å²) in [6.07, 6.45) is 4.42. The largest absolute Gasteiger partial charge is 0.371 e. The van der Waals surface area contributed by atoms with E-state index in [9.17, 15) is 10.1 Å². The Morgan fingerprint density at radius 3 is 2.59 bits per heavy atom. The standard InChI is InChI=1S/C11H13N3O3/c15-14(16)11-4-1-8(5-12-11)13-6-9-2-3-10(7-13)17-9/h1,4-5,9-10H,2-3,6-7H2/t9-,10+. The van der Waals surface area contributed by atoms with Crippen LogP contribution in [0.4, 0.5) is 11.5 Å². The maximum atomic E-state index is 10.5. The number of hydrogen-bond donors (Lipinski definition) is 0. The van der Waals surface area contributed by atoms with E-state index in [4.69, 9.17) is 4.74 Å². The van der Waals surface area contributed by atoms with Crippen LogP contribution < -0.4 is 4.90 Å². The Hall–Kier alpha value is -1.69. The minimum Gasteiger partial charge on any atom is -0.371 e. The molecule has 3 rings (SSSR count). The second-order valence-corrected chi connectivity index (χ2v) is 4.49. The number of nitrogens with zero attached hydrogens (tertiary/aromatic N) is 3. The quantitative estimate of drug-likeness (QED) is 0.571. The van der Waals surface area contributed by atoms with E-state index >= 15 is 0 Å². The third-order valence-electron chi connectivity index (χ3n) is 3.33. The van der Waals surface area contributed by atoms with Gasteiger partial charge in [-0.2, -0.15) is 0 Å². The first-order valence-electron chi connectivity index (χ1n) is 5.73. The van der Waals surface area contributed by atoms with Crippen LogP contribution in [0.2, 0.25) is 0 Å². The molecule has 0 amide bonds. The normalized spacial score (nSPS) is 27.2. The summed E-state index contributed by atoms with van der Waals surface area (Å²) in [4.78, 5) is 16.1. The van der Waals surface area contributed by atoms with E-state index in [0.29, 0.717) is 12.2 Å². The molecule has 2 atom stereocenters. The lowest BCUT2D eigenvalue weighted by Gasteiger charge is -2.32. The Bertz CT molecular complexity index is 422. The average molecular weight is 235 g/mol. The zero-order chi connectivity index (χ0) is 11.8. The summed E-state index contributed by atoms with van der Waals surface area (Å²) < 4.78 is 5.74. The van der Waals surface area contributed by atoms with Gasteiger partial charge in [-0.3, -0.25) is 0 Å². The summed E-state index contributed by atoms with van der Waals surface area (Å²) >= 11 is 0. The number of nitro groups is 1. The summed E-state index contributed by atoms with van der Waals surface area (Å²) in [5.41, 5.74) is 0.941. The second-order valence-electron chi connectivity index (χ2n) is 4.49. The maximum absolute atomic E-state index is 10.5. The molecule has 0 spiro atoms. The van der Waals surface area contributed by atoms with Gasteiger partial charge in [0.15, 0.2) is 6.20 Å². The zero-order valence-electron chi connectivity index (χ0n) is 9.28. The number of pyridine rings is 1. The molecule has 0 N–H and O–H groups in total. The molecule has 3 heterocycles. The van der Waals surface area contributed by atoms with Gasteiger partial charge >= 0.3 is 5.82 Å². The van der Waals surface area contributed by atoms with Gasteiger partial charge in [0.2, 0.25) is 0 Å². The molecule has 2 aliphatic heterocycles. The first kappa shape index (κ1) is 10.5. The molecule has 17 heavy (non-hydrogen) atoms. The van der Waals surface area contributed by atoms with Crippen molar-refractivity contribution in [3.05, 3.63) is 28.4 Å². The van der Waals surface area contributed by atoms with E-state index in [1.807, 2.05) is 0 Å². The van der Waals surface area contributed by atoms with Gasteiger partial charge in [-0.1, -0.05) is 0 Å². The number of morpholine rings is 1. The van der Waals surface area contributed by atoms with Crippen LogP contribution in [-0.4, -0.2) is 35.2 Å². The highest BCUT2D eigenvalue weighted by molar-refractivity contribution is 5.47. The van der Waals surface area contributed by atoms with Crippen molar-refractivity contribution >= 4 is 11.5 Å². The lowest BCUT2D eigenvalue weighted by Crippen LogP contribution is -2.42. The van der Waals surface area contributed by atoms with E-state index in [1.165, 1.54) is 6.07 Å². The number of fused-ring (bicyclic) bond motifs is 2. The number of anilines is 1. The second kappa shape index (κ2) is 3.96. The van der Waals surface area contributed by atoms with Crippen LogP contribution in [0.15, 0.2) is 18.3 Å². The van der Waals surface area contributed by atoms with Crippen molar-refractivity contribution in [3.8, 4) is 0 Å². The summed E-state index contributed by atoms with van der Waals surface area (Å²) in [5, 5.41) is 10.5. The number of rotatable bonds is 2. The van der Waals surface area contributed by atoms with Gasteiger partial charge in [-0.25, -0.2) is 0 Å². The van der Waals surface area contributed by atoms with Crippen molar-refractivity contribution in [1.29, 1.82) is 0 Å². The van der Waals surface area contributed by atoms with Crippen LogP contribution in [0.5, 0.6) is 0 Å². The van der Waals surface area contributed by atoms with Gasteiger partial charge in [0.1, 0.15) is 0 Å². The lowest BCUT2D eigenvalue weighted by atomic mass is 10.2. The summed E-state index contributed by atoms with van der Waals surface area (Å²) in [5.74, 6) is -0.106. The molecular weight excluding hydrogens is 222 g/mol. The summed E-state index contributed by atoms with van der Waals surface area (Å²) in [7, 11) is 0. The van der Waals surface area contributed by atoms with Crippen LogP contribution >= 0.6 is 0 Å². The minimum absolute atomic E-state index is 0.106. The molecular formula is C11H13N3O3. The van der Waals surface area contributed by atoms with Crippen molar-refractivity contribution in [2.24, 2.45) is 0 Å². The minimum atomic E-state index is -0.479. The average Bonchev–Trinajstić information content (AvgIpc) is 2.68. The van der Waals surface area contributed by atoms with Gasteiger partial charge in [0, 0.05) is 19.2 Å². The van der Waals surface area contributed by atoms with Gasteiger partial charge in [0.05, 0.1) is 17.9 Å². The summed E-state index contributed by atoms with van der Waals surface area (Å²) in [6.45, 7) is 1.71. The van der Waals surface area contributed by atoms with E-state index in [0.717, 1.165) is 31.6 Å².